The molecule has 0 aromatic rings. The van der Waals surface area contributed by atoms with E-state index in [0.29, 0.717) is 11.3 Å². The van der Waals surface area contributed by atoms with Crippen LogP contribution in [0.15, 0.2) is 0 Å². The summed E-state index contributed by atoms with van der Waals surface area (Å²) >= 11 is 0. The molecule has 4 rings (SSSR count). The molecule has 0 radical (unpaired) electrons. The minimum Gasteiger partial charge on any atom is -0.215 e. The van der Waals surface area contributed by atoms with Gasteiger partial charge in [0, 0.05) is 6.54 Å². The number of hydrogen-bond donors (Lipinski definition) is 1. The Morgan fingerprint density at radius 2 is 1.36 bits per heavy atom. The zero-order chi connectivity index (χ0) is 17.3. The van der Waals surface area contributed by atoms with E-state index in [-0.39, 0.29) is 5.25 Å². The van der Waals surface area contributed by atoms with E-state index in [4.69, 9.17) is 0 Å². The van der Waals surface area contributed by atoms with Gasteiger partial charge in [0.15, 0.2) is 0 Å². The van der Waals surface area contributed by atoms with Crippen LogP contribution in [0.4, 0.5) is 0 Å². The van der Waals surface area contributed by atoms with E-state index < -0.39 is 10.0 Å². The van der Waals surface area contributed by atoms with Crippen molar-refractivity contribution in [1.29, 1.82) is 0 Å². The van der Waals surface area contributed by atoms with Crippen LogP contribution in [0.3, 0.4) is 0 Å². The summed E-state index contributed by atoms with van der Waals surface area (Å²) in [6.07, 6.45) is 18.9. The van der Waals surface area contributed by atoms with Gasteiger partial charge >= 0.3 is 0 Å². The first-order valence-corrected chi connectivity index (χ1v) is 12.6. The third kappa shape index (κ3) is 3.95. The lowest BCUT2D eigenvalue weighted by molar-refractivity contribution is 0.232. The van der Waals surface area contributed by atoms with E-state index in [0.717, 1.165) is 37.6 Å². The minimum absolute atomic E-state index is 0.113. The zero-order valence-corrected chi connectivity index (χ0v) is 16.7. The van der Waals surface area contributed by atoms with E-state index in [1.165, 1.54) is 77.0 Å². The molecule has 25 heavy (non-hydrogen) atoms. The summed E-state index contributed by atoms with van der Waals surface area (Å²) in [6, 6.07) is 0. The van der Waals surface area contributed by atoms with Gasteiger partial charge in [0.05, 0.1) is 5.25 Å². The highest BCUT2D eigenvalue weighted by molar-refractivity contribution is 7.90. The highest BCUT2D eigenvalue weighted by Gasteiger charge is 2.45. The number of sulfonamides is 1. The number of hydrogen-bond acceptors (Lipinski definition) is 2. The fraction of sp³-hybridized carbons (Fsp3) is 1.00. The zero-order valence-electron chi connectivity index (χ0n) is 15.8. The highest BCUT2D eigenvalue weighted by Crippen LogP contribution is 2.52. The maximum absolute atomic E-state index is 13.0. The van der Waals surface area contributed by atoms with Crippen molar-refractivity contribution in [3.8, 4) is 0 Å². The van der Waals surface area contributed by atoms with Gasteiger partial charge in [-0.15, -0.1) is 0 Å². The summed E-state index contributed by atoms with van der Waals surface area (Å²) in [5.74, 6) is 2.15. The molecule has 3 nitrogen and oxygen atoms in total. The van der Waals surface area contributed by atoms with Gasteiger partial charge in [-0.25, -0.2) is 13.1 Å². The lowest BCUT2D eigenvalue weighted by Crippen LogP contribution is -2.40. The third-order valence-electron chi connectivity index (χ3n) is 8.29. The Morgan fingerprint density at radius 3 is 1.92 bits per heavy atom. The Bertz CT molecular complexity index is 524. The lowest BCUT2D eigenvalue weighted by Gasteiger charge is -2.30. The molecule has 4 aliphatic rings. The summed E-state index contributed by atoms with van der Waals surface area (Å²) in [7, 11) is -3.13. The molecule has 144 valence electrons. The monoisotopic (exact) mass is 367 g/mol. The van der Waals surface area contributed by atoms with Crippen molar-refractivity contribution in [2.75, 3.05) is 6.54 Å². The first-order chi connectivity index (χ1) is 12.1. The minimum atomic E-state index is -3.13. The topological polar surface area (TPSA) is 46.2 Å². The second-order valence-corrected chi connectivity index (χ2v) is 11.8. The van der Waals surface area contributed by atoms with Crippen molar-refractivity contribution < 1.29 is 8.42 Å². The summed E-state index contributed by atoms with van der Waals surface area (Å²) in [5, 5.41) is -0.113. The van der Waals surface area contributed by atoms with Crippen molar-refractivity contribution in [3.63, 3.8) is 0 Å². The van der Waals surface area contributed by atoms with Crippen molar-refractivity contribution in [2.45, 2.75) is 102 Å². The normalized spacial score (nSPS) is 31.0. The molecule has 1 N–H and O–H groups in total. The molecule has 0 aromatic heterocycles. The average Bonchev–Trinajstić information content (AvgIpc) is 3.38. The molecule has 0 bridgehead atoms. The fourth-order valence-electron chi connectivity index (χ4n) is 6.82. The summed E-state index contributed by atoms with van der Waals surface area (Å²) < 4.78 is 29.1. The fourth-order valence-corrected chi connectivity index (χ4v) is 8.48. The Kier molecular flexibility index (Phi) is 5.48. The molecular formula is C21H37NO2S. The van der Waals surface area contributed by atoms with Crippen molar-refractivity contribution >= 4 is 10.0 Å². The van der Waals surface area contributed by atoms with Crippen LogP contribution >= 0.6 is 0 Å². The van der Waals surface area contributed by atoms with Gasteiger partial charge in [-0.1, -0.05) is 64.2 Å². The van der Waals surface area contributed by atoms with E-state index in [1.807, 2.05) is 0 Å². The van der Waals surface area contributed by atoms with Gasteiger partial charge in [-0.2, -0.15) is 0 Å². The molecule has 0 heterocycles. The van der Waals surface area contributed by atoms with Crippen LogP contribution < -0.4 is 4.72 Å². The molecule has 1 spiro atoms. The maximum Gasteiger partial charge on any atom is 0.214 e. The average molecular weight is 368 g/mol. The molecule has 4 aliphatic carbocycles. The standard InChI is InChI=1S/C21H37NO2S/c23-25(24,19-11-14-21(15-19)12-5-6-13-21)22-16-20(17-7-1-2-8-17)18-9-3-4-10-18/h17-20,22H,1-16H2. The molecule has 1 atom stereocenters. The van der Waals surface area contributed by atoms with E-state index in [1.54, 1.807) is 0 Å². The van der Waals surface area contributed by atoms with E-state index in [9.17, 15) is 8.42 Å². The molecule has 1 unspecified atom stereocenters. The van der Waals surface area contributed by atoms with E-state index in [2.05, 4.69) is 4.72 Å². The predicted octanol–water partition coefficient (Wildman–Crippen LogP) is 5.02. The SMILES string of the molecule is O=S(=O)(NCC(C1CCCC1)C1CCCC1)C1CCC2(CCCC2)C1. The molecular weight excluding hydrogens is 330 g/mol. The first kappa shape index (κ1) is 18.3. The molecule has 4 fully saturated rings. The third-order valence-corrected chi connectivity index (χ3v) is 10.1. The summed E-state index contributed by atoms with van der Waals surface area (Å²) in [5.41, 5.74) is 0.385. The van der Waals surface area contributed by atoms with Crippen LogP contribution in [0.25, 0.3) is 0 Å². The van der Waals surface area contributed by atoms with Gasteiger partial charge in [0.2, 0.25) is 10.0 Å². The number of rotatable bonds is 6. The first-order valence-electron chi connectivity index (χ1n) is 11.1. The largest absolute Gasteiger partial charge is 0.215 e. The Morgan fingerprint density at radius 1 is 0.800 bits per heavy atom. The molecule has 0 aromatic carbocycles. The van der Waals surface area contributed by atoms with Gasteiger partial charge in [0.25, 0.3) is 0 Å². The summed E-state index contributed by atoms with van der Waals surface area (Å²) in [6.45, 7) is 0.723. The Labute approximate surface area is 154 Å². The van der Waals surface area contributed by atoms with Gasteiger partial charge in [-0.3, -0.25) is 0 Å². The van der Waals surface area contributed by atoms with Gasteiger partial charge in [-0.05, 0) is 55.3 Å². The molecule has 4 saturated carbocycles. The predicted molar refractivity (Wildman–Crippen MR) is 103 cm³/mol. The van der Waals surface area contributed by atoms with Crippen LogP contribution in [0, 0.1) is 23.2 Å². The number of nitrogens with one attached hydrogen (secondary N) is 1. The molecule has 4 heteroatoms. The lowest BCUT2D eigenvalue weighted by atomic mass is 9.79. The Hall–Kier alpha value is -0.0900. The second kappa shape index (κ2) is 7.50. The van der Waals surface area contributed by atoms with Crippen molar-refractivity contribution in [2.24, 2.45) is 23.2 Å². The maximum atomic E-state index is 13.0. The quantitative estimate of drug-likeness (QED) is 0.717. The van der Waals surface area contributed by atoms with Crippen molar-refractivity contribution in [1.82, 2.24) is 4.72 Å². The van der Waals surface area contributed by atoms with E-state index >= 15 is 0 Å². The summed E-state index contributed by atoms with van der Waals surface area (Å²) in [4.78, 5) is 0. The van der Waals surface area contributed by atoms with Crippen molar-refractivity contribution in [3.05, 3.63) is 0 Å². The molecule has 0 aliphatic heterocycles. The highest BCUT2D eigenvalue weighted by atomic mass is 32.2. The second-order valence-electron chi connectivity index (χ2n) is 9.72. The van der Waals surface area contributed by atoms with Gasteiger partial charge in [0.1, 0.15) is 0 Å². The van der Waals surface area contributed by atoms with Crippen LogP contribution in [0.2, 0.25) is 0 Å². The van der Waals surface area contributed by atoms with Gasteiger partial charge < -0.3 is 0 Å². The Balaban J connectivity index is 1.37. The smallest absolute Gasteiger partial charge is 0.214 e. The molecule has 0 amide bonds. The van der Waals surface area contributed by atoms with Crippen LogP contribution in [-0.2, 0) is 10.0 Å². The molecule has 0 saturated heterocycles. The van der Waals surface area contributed by atoms with Crippen LogP contribution in [0.5, 0.6) is 0 Å². The van der Waals surface area contributed by atoms with Crippen LogP contribution in [-0.4, -0.2) is 20.2 Å². The van der Waals surface area contributed by atoms with Crippen LogP contribution in [0.1, 0.15) is 96.3 Å².